The summed E-state index contributed by atoms with van der Waals surface area (Å²) < 4.78 is 2.01. The summed E-state index contributed by atoms with van der Waals surface area (Å²) in [7, 11) is 0. The van der Waals surface area contributed by atoms with Crippen molar-refractivity contribution in [2.75, 3.05) is 0 Å². The van der Waals surface area contributed by atoms with Crippen LogP contribution in [-0.4, -0.2) is 15.8 Å². The van der Waals surface area contributed by atoms with E-state index in [-0.39, 0.29) is 0 Å². The average molecular weight is 193 g/mol. The number of nitrogens with one attached hydrogen (secondary N) is 1. The van der Waals surface area contributed by atoms with Crippen molar-refractivity contribution in [3.05, 3.63) is 18.0 Å². The second kappa shape index (κ2) is 3.73. The van der Waals surface area contributed by atoms with Crippen LogP contribution in [0.2, 0.25) is 0 Å². The SMILES string of the molecule is CC(NC1CC1)c1cnn(C(C)C)c1. The van der Waals surface area contributed by atoms with E-state index in [9.17, 15) is 0 Å². The predicted molar refractivity (Wildman–Crippen MR) is 57.2 cm³/mol. The molecule has 1 aromatic rings. The van der Waals surface area contributed by atoms with Crippen LogP contribution in [0.5, 0.6) is 0 Å². The second-order valence-electron chi connectivity index (χ2n) is 4.51. The second-order valence-corrected chi connectivity index (χ2v) is 4.51. The molecule has 1 aromatic heterocycles. The molecule has 78 valence electrons. The molecule has 0 aromatic carbocycles. The average Bonchev–Trinajstić information content (AvgIpc) is 2.81. The van der Waals surface area contributed by atoms with E-state index >= 15 is 0 Å². The third kappa shape index (κ3) is 2.15. The van der Waals surface area contributed by atoms with Gasteiger partial charge in [-0.25, -0.2) is 0 Å². The van der Waals surface area contributed by atoms with Gasteiger partial charge in [0, 0.05) is 29.9 Å². The van der Waals surface area contributed by atoms with Crippen molar-refractivity contribution >= 4 is 0 Å². The molecule has 0 bridgehead atoms. The first-order valence-electron chi connectivity index (χ1n) is 5.47. The summed E-state index contributed by atoms with van der Waals surface area (Å²) in [4.78, 5) is 0. The van der Waals surface area contributed by atoms with E-state index < -0.39 is 0 Å². The van der Waals surface area contributed by atoms with Crippen molar-refractivity contribution in [3.8, 4) is 0 Å². The van der Waals surface area contributed by atoms with Crippen LogP contribution in [0.1, 0.15) is 51.3 Å². The first-order chi connectivity index (χ1) is 6.66. The van der Waals surface area contributed by atoms with E-state index in [0.29, 0.717) is 12.1 Å². The molecule has 1 aliphatic rings. The Hall–Kier alpha value is -0.830. The van der Waals surface area contributed by atoms with Gasteiger partial charge in [-0.1, -0.05) is 0 Å². The highest BCUT2D eigenvalue weighted by Gasteiger charge is 2.23. The van der Waals surface area contributed by atoms with Gasteiger partial charge in [0.2, 0.25) is 0 Å². The highest BCUT2D eigenvalue weighted by atomic mass is 15.3. The third-order valence-electron chi connectivity index (χ3n) is 2.71. The number of hydrogen-bond acceptors (Lipinski definition) is 2. The standard InChI is InChI=1S/C11H19N3/c1-8(2)14-7-10(6-12-14)9(3)13-11-4-5-11/h6-9,11,13H,4-5H2,1-3H3. The molecule has 14 heavy (non-hydrogen) atoms. The van der Waals surface area contributed by atoms with E-state index in [1.807, 2.05) is 10.9 Å². The molecule has 3 nitrogen and oxygen atoms in total. The minimum absolute atomic E-state index is 0.440. The summed E-state index contributed by atoms with van der Waals surface area (Å²) in [5.41, 5.74) is 1.30. The van der Waals surface area contributed by atoms with Gasteiger partial charge in [-0.3, -0.25) is 4.68 Å². The molecule has 2 rings (SSSR count). The largest absolute Gasteiger partial charge is 0.307 e. The highest BCUT2D eigenvalue weighted by molar-refractivity contribution is 5.10. The van der Waals surface area contributed by atoms with Gasteiger partial charge in [0.25, 0.3) is 0 Å². The van der Waals surface area contributed by atoms with Crippen LogP contribution in [0.4, 0.5) is 0 Å². The molecule has 0 amide bonds. The van der Waals surface area contributed by atoms with Crippen molar-refractivity contribution in [1.82, 2.24) is 15.1 Å². The van der Waals surface area contributed by atoms with Crippen molar-refractivity contribution < 1.29 is 0 Å². The van der Waals surface area contributed by atoms with Crippen LogP contribution in [0.3, 0.4) is 0 Å². The van der Waals surface area contributed by atoms with E-state index in [1.165, 1.54) is 18.4 Å². The Morgan fingerprint density at radius 2 is 2.14 bits per heavy atom. The van der Waals surface area contributed by atoms with E-state index in [2.05, 4.69) is 37.4 Å². The van der Waals surface area contributed by atoms with Crippen LogP contribution in [0.25, 0.3) is 0 Å². The molecule has 3 heteroatoms. The normalized spacial score (nSPS) is 18.9. The molecule has 1 heterocycles. The molecule has 1 aliphatic carbocycles. The molecule has 1 atom stereocenters. The predicted octanol–water partition coefficient (Wildman–Crippen LogP) is 2.28. The minimum Gasteiger partial charge on any atom is -0.307 e. The van der Waals surface area contributed by atoms with Gasteiger partial charge in [0.1, 0.15) is 0 Å². The topological polar surface area (TPSA) is 29.9 Å². The lowest BCUT2D eigenvalue weighted by atomic mass is 10.2. The third-order valence-corrected chi connectivity index (χ3v) is 2.71. The van der Waals surface area contributed by atoms with Crippen LogP contribution in [-0.2, 0) is 0 Å². The summed E-state index contributed by atoms with van der Waals surface area (Å²) >= 11 is 0. The molecule has 1 N–H and O–H groups in total. The smallest absolute Gasteiger partial charge is 0.0537 e. The van der Waals surface area contributed by atoms with Gasteiger partial charge in [-0.2, -0.15) is 5.10 Å². The minimum atomic E-state index is 0.440. The highest BCUT2D eigenvalue weighted by Crippen LogP contribution is 2.23. The first kappa shape index (κ1) is 9.71. The Bertz CT molecular complexity index is 299. The summed E-state index contributed by atoms with van der Waals surface area (Å²) in [6.07, 6.45) is 6.79. The summed E-state index contributed by atoms with van der Waals surface area (Å²) in [5, 5.41) is 7.91. The Balaban J connectivity index is 1.99. The van der Waals surface area contributed by atoms with Gasteiger partial charge < -0.3 is 5.32 Å². The fraction of sp³-hybridized carbons (Fsp3) is 0.727. The van der Waals surface area contributed by atoms with Crippen molar-refractivity contribution in [2.45, 2.75) is 51.7 Å². The van der Waals surface area contributed by atoms with E-state index in [1.54, 1.807) is 0 Å². The lowest BCUT2D eigenvalue weighted by Gasteiger charge is -2.10. The molecule has 0 spiro atoms. The maximum Gasteiger partial charge on any atom is 0.0537 e. The molecule has 1 saturated carbocycles. The van der Waals surface area contributed by atoms with Crippen LogP contribution in [0, 0.1) is 0 Å². The van der Waals surface area contributed by atoms with Gasteiger partial charge in [0.05, 0.1) is 6.20 Å². The van der Waals surface area contributed by atoms with E-state index in [0.717, 1.165) is 6.04 Å². The molecule has 0 saturated heterocycles. The Morgan fingerprint density at radius 3 is 2.64 bits per heavy atom. The number of rotatable bonds is 4. The number of nitrogens with zero attached hydrogens (tertiary/aromatic N) is 2. The van der Waals surface area contributed by atoms with E-state index in [4.69, 9.17) is 0 Å². The van der Waals surface area contributed by atoms with Gasteiger partial charge in [0.15, 0.2) is 0 Å². The van der Waals surface area contributed by atoms with Crippen LogP contribution < -0.4 is 5.32 Å². The number of aromatic nitrogens is 2. The molecule has 0 radical (unpaired) electrons. The summed E-state index contributed by atoms with van der Waals surface area (Å²) in [6, 6.07) is 1.65. The first-order valence-corrected chi connectivity index (χ1v) is 5.47. The Labute approximate surface area is 85.5 Å². The molecule has 1 unspecified atom stereocenters. The van der Waals surface area contributed by atoms with Crippen molar-refractivity contribution in [1.29, 1.82) is 0 Å². The maximum atomic E-state index is 4.34. The lowest BCUT2D eigenvalue weighted by molar-refractivity contribution is 0.528. The van der Waals surface area contributed by atoms with Gasteiger partial charge >= 0.3 is 0 Å². The Morgan fingerprint density at radius 1 is 1.43 bits per heavy atom. The summed E-state index contributed by atoms with van der Waals surface area (Å²) in [6.45, 7) is 6.51. The van der Waals surface area contributed by atoms with Crippen LogP contribution in [0.15, 0.2) is 12.4 Å². The van der Waals surface area contributed by atoms with Gasteiger partial charge in [-0.15, -0.1) is 0 Å². The van der Waals surface area contributed by atoms with Crippen LogP contribution >= 0.6 is 0 Å². The summed E-state index contributed by atoms with van der Waals surface area (Å²) in [5.74, 6) is 0. The fourth-order valence-electron chi connectivity index (χ4n) is 1.56. The van der Waals surface area contributed by atoms with Crippen molar-refractivity contribution in [2.24, 2.45) is 0 Å². The zero-order valence-electron chi connectivity index (χ0n) is 9.20. The fourth-order valence-corrected chi connectivity index (χ4v) is 1.56. The molecular formula is C11H19N3. The lowest BCUT2D eigenvalue weighted by Crippen LogP contribution is -2.20. The maximum absolute atomic E-state index is 4.34. The quantitative estimate of drug-likeness (QED) is 0.795. The zero-order valence-corrected chi connectivity index (χ0v) is 9.20. The molecule has 1 fully saturated rings. The van der Waals surface area contributed by atoms with Gasteiger partial charge in [-0.05, 0) is 33.6 Å². The number of hydrogen-bond donors (Lipinski definition) is 1. The molecular weight excluding hydrogens is 174 g/mol. The zero-order chi connectivity index (χ0) is 10.1. The Kier molecular flexibility index (Phi) is 2.59. The monoisotopic (exact) mass is 193 g/mol. The molecule has 0 aliphatic heterocycles. The van der Waals surface area contributed by atoms with Crippen molar-refractivity contribution in [3.63, 3.8) is 0 Å².